The number of nitrogens with one attached hydrogen (secondary N) is 1. The standard InChI is InChI=1S/C16H26N2S/c1-12-8-13(2)10-14(9-12)16(18-17)11-19-15-6-4-3-5-7-15/h3-7,12-14,16,18H,8-11,17H2,1-2H3. The zero-order valence-corrected chi connectivity index (χ0v) is 12.8. The van der Waals surface area contributed by atoms with E-state index in [0.29, 0.717) is 6.04 Å². The van der Waals surface area contributed by atoms with Gasteiger partial charge in [-0.2, -0.15) is 0 Å². The lowest BCUT2D eigenvalue weighted by Gasteiger charge is -2.36. The van der Waals surface area contributed by atoms with Gasteiger partial charge in [-0.15, -0.1) is 11.8 Å². The molecule has 3 unspecified atom stereocenters. The highest BCUT2D eigenvalue weighted by molar-refractivity contribution is 7.99. The Kier molecular flexibility index (Phi) is 5.74. The average Bonchev–Trinajstić information content (AvgIpc) is 2.39. The third-order valence-corrected chi connectivity index (χ3v) is 5.30. The molecule has 1 aromatic rings. The first-order chi connectivity index (χ1) is 9.19. The van der Waals surface area contributed by atoms with Gasteiger partial charge in [-0.25, -0.2) is 0 Å². The summed E-state index contributed by atoms with van der Waals surface area (Å²) in [5.74, 6) is 9.26. The van der Waals surface area contributed by atoms with Gasteiger partial charge < -0.3 is 0 Å². The van der Waals surface area contributed by atoms with Gasteiger partial charge in [-0.3, -0.25) is 11.3 Å². The third kappa shape index (κ3) is 4.51. The summed E-state index contributed by atoms with van der Waals surface area (Å²) >= 11 is 1.91. The van der Waals surface area contributed by atoms with Crippen LogP contribution in [-0.4, -0.2) is 11.8 Å². The van der Waals surface area contributed by atoms with Crippen molar-refractivity contribution in [3.05, 3.63) is 30.3 Å². The minimum Gasteiger partial charge on any atom is -0.271 e. The van der Waals surface area contributed by atoms with E-state index in [9.17, 15) is 0 Å². The van der Waals surface area contributed by atoms with Gasteiger partial charge in [0.05, 0.1) is 0 Å². The molecular weight excluding hydrogens is 252 g/mol. The van der Waals surface area contributed by atoms with Gasteiger partial charge in [-0.1, -0.05) is 32.0 Å². The van der Waals surface area contributed by atoms with Crippen LogP contribution < -0.4 is 11.3 Å². The molecule has 0 saturated heterocycles. The average molecular weight is 278 g/mol. The molecule has 0 heterocycles. The molecule has 0 aliphatic heterocycles. The van der Waals surface area contributed by atoms with Crippen molar-refractivity contribution in [2.75, 3.05) is 5.75 Å². The molecule has 1 saturated carbocycles. The van der Waals surface area contributed by atoms with Crippen molar-refractivity contribution < 1.29 is 0 Å². The molecule has 106 valence electrons. The van der Waals surface area contributed by atoms with Gasteiger partial charge >= 0.3 is 0 Å². The van der Waals surface area contributed by atoms with Crippen molar-refractivity contribution in [1.82, 2.24) is 5.43 Å². The van der Waals surface area contributed by atoms with Gasteiger partial charge in [0.25, 0.3) is 0 Å². The van der Waals surface area contributed by atoms with Crippen LogP contribution >= 0.6 is 11.8 Å². The van der Waals surface area contributed by atoms with Crippen molar-refractivity contribution in [2.45, 2.75) is 44.0 Å². The van der Waals surface area contributed by atoms with E-state index in [4.69, 9.17) is 5.84 Å². The molecule has 0 aromatic heterocycles. The van der Waals surface area contributed by atoms with Crippen LogP contribution in [0, 0.1) is 17.8 Å². The molecule has 3 atom stereocenters. The second kappa shape index (κ2) is 7.32. The molecule has 1 aliphatic rings. The first-order valence-electron chi connectivity index (χ1n) is 7.33. The minimum absolute atomic E-state index is 0.426. The number of rotatable bonds is 5. The molecule has 1 fully saturated rings. The van der Waals surface area contributed by atoms with E-state index in [0.717, 1.165) is 23.5 Å². The summed E-state index contributed by atoms with van der Waals surface area (Å²) in [6.07, 6.45) is 4.00. The van der Waals surface area contributed by atoms with Gasteiger partial charge in [0.2, 0.25) is 0 Å². The summed E-state index contributed by atoms with van der Waals surface area (Å²) in [7, 11) is 0. The normalized spacial score (nSPS) is 29.1. The highest BCUT2D eigenvalue weighted by Gasteiger charge is 2.29. The number of hydrazine groups is 1. The summed E-state index contributed by atoms with van der Waals surface area (Å²) in [6.45, 7) is 4.75. The predicted molar refractivity (Wildman–Crippen MR) is 83.9 cm³/mol. The molecule has 0 spiro atoms. The van der Waals surface area contributed by atoms with E-state index in [1.54, 1.807) is 0 Å². The number of hydrogen-bond donors (Lipinski definition) is 2. The fraction of sp³-hybridized carbons (Fsp3) is 0.625. The lowest BCUT2D eigenvalue weighted by molar-refractivity contribution is 0.185. The first-order valence-corrected chi connectivity index (χ1v) is 8.31. The van der Waals surface area contributed by atoms with Gasteiger partial charge in [0, 0.05) is 16.7 Å². The molecule has 1 aliphatic carbocycles. The molecule has 3 N–H and O–H groups in total. The maximum atomic E-state index is 5.80. The van der Waals surface area contributed by atoms with E-state index in [1.807, 2.05) is 11.8 Å². The second-order valence-corrected chi connectivity index (χ2v) is 7.17. The highest BCUT2D eigenvalue weighted by Crippen LogP contribution is 2.35. The Balaban J connectivity index is 1.89. The molecule has 19 heavy (non-hydrogen) atoms. The molecule has 0 radical (unpaired) electrons. The fourth-order valence-corrected chi connectivity index (χ4v) is 4.45. The van der Waals surface area contributed by atoms with Gasteiger partial charge in [0.15, 0.2) is 0 Å². The molecule has 0 amide bonds. The van der Waals surface area contributed by atoms with Crippen molar-refractivity contribution >= 4 is 11.8 Å². The van der Waals surface area contributed by atoms with Crippen molar-refractivity contribution in [1.29, 1.82) is 0 Å². The van der Waals surface area contributed by atoms with E-state index in [2.05, 4.69) is 49.6 Å². The molecule has 2 rings (SSSR count). The Morgan fingerprint density at radius 1 is 1.16 bits per heavy atom. The number of thioether (sulfide) groups is 1. The van der Waals surface area contributed by atoms with E-state index >= 15 is 0 Å². The zero-order chi connectivity index (χ0) is 13.7. The van der Waals surface area contributed by atoms with E-state index in [-0.39, 0.29) is 0 Å². The molecule has 2 nitrogen and oxygen atoms in total. The van der Waals surface area contributed by atoms with Crippen LogP contribution in [0.3, 0.4) is 0 Å². The lowest BCUT2D eigenvalue weighted by Crippen LogP contribution is -2.45. The summed E-state index contributed by atoms with van der Waals surface area (Å²) < 4.78 is 0. The summed E-state index contributed by atoms with van der Waals surface area (Å²) in [4.78, 5) is 1.33. The maximum absolute atomic E-state index is 5.80. The van der Waals surface area contributed by atoms with Crippen LogP contribution in [0.25, 0.3) is 0 Å². The van der Waals surface area contributed by atoms with Crippen molar-refractivity contribution in [3.63, 3.8) is 0 Å². The summed E-state index contributed by atoms with van der Waals surface area (Å²) in [5.41, 5.74) is 3.06. The third-order valence-electron chi connectivity index (χ3n) is 4.17. The van der Waals surface area contributed by atoms with Crippen molar-refractivity contribution in [2.24, 2.45) is 23.6 Å². The molecule has 0 bridgehead atoms. The minimum atomic E-state index is 0.426. The summed E-state index contributed by atoms with van der Waals surface area (Å²) in [6, 6.07) is 11.0. The van der Waals surface area contributed by atoms with E-state index in [1.165, 1.54) is 24.2 Å². The smallest absolute Gasteiger partial charge is 0.0333 e. The van der Waals surface area contributed by atoms with E-state index < -0.39 is 0 Å². The Labute approximate surface area is 121 Å². The number of hydrogen-bond acceptors (Lipinski definition) is 3. The second-order valence-electron chi connectivity index (χ2n) is 6.07. The van der Waals surface area contributed by atoms with Crippen LogP contribution in [-0.2, 0) is 0 Å². The molecular formula is C16H26N2S. The lowest BCUT2D eigenvalue weighted by atomic mass is 9.74. The van der Waals surface area contributed by atoms with Crippen LogP contribution in [0.1, 0.15) is 33.1 Å². The Morgan fingerprint density at radius 2 is 1.79 bits per heavy atom. The SMILES string of the molecule is CC1CC(C)CC(C(CSc2ccccc2)NN)C1. The van der Waals surface area contributed by atoms with Crippen LogP contribution in [0.5, 0.6) is 0 Å². The Bertz CT molecular complexity index is 358. The maximum Gasteiger partial charge on any atom is 0.0333 e. The fourth-order valence-electron chi connectivity index (χ4n) is 3.36. The Hall–Kier alpha value is -0.510. The van der Waals surface area contributed by atoms with Gasteiger partial charge in [-0.05, 0) is 49.1 Å². The topological polar surface area (TPSA) is 38.0 Å². The largest absolute Gasteiger partial charge is 0.271 e. The predicted octanol–water partition coefficient (Wildman–Crippen LogP) is 3.68. The summed E-state index contributed by atoms with van der Waals surface area (Å²) in [5, 5.41) is 0. The quantitative estimate of drug-likeness (QED) is 0.490. The number of nitrogens with two attached hydrogens (primary N) is 1. The van der Waals surface area contributed by atoms with Gasteiger partial charge in [0.1, 0.15) is 0 Å². The zero-order valence-electron chi connectivity index (χ0n) is 12.0. The van der Waals surface area contributed by atoms with Crippen LogP contribution in [0.15, 0.2) is 35.2 Å². The van der Waals surface area contributed by atoms with Crippen LogP contribution in [0.2, 0.25) is 0 Å². The van der Waals surface area contributed by atoms with Crippen LogP contribution in [0.4, 0.5) is 0 Å². The number of benzene rings is 1. The highest BCUT2D eigenvalue weighted by atomic mass is 32.2. The van der Waals surface area contributed by atoms with Crippen molar-refractivity contribution in [3.8, 4) is 0 Å². The molecule has 3 heteroatoms. The first kappa shape index (κ1) is 14.9. The monoisotopic (exact) mass is 278 g/mol. The Morgan fingerprint density at radius 3 is 2.37 bits per heavy atom. The molecule has 1 aromatic carbocycles.